The molecule has 6 nitrogen and oxygen atoms in total. The Bertz CT molecular complexity index is 780. The Kier molecular flexibility index (Phi) is 4.59. The molecule has 0 saturated carbocycles. The molecule has 0 aliphatic heterocycles. The van der Waals surface area contributed by atoms with Crippen molar-refractivity contribution in [2.24, 2.45) is 0 Å². The van der Waals surface area contributed by atoms with Crippen molar-refractivity contribution in [3.05, 3.63) is 61.9 Å². The van der Waals surface area contributed by atoms with Crippen molar-refractivity contribution >= 4 is 23.2 Å². The minimum absolute atomic E-state index is 0.185. The normalized spacial score (nSPS) is 10.4. The molecule has 1 amide bonds. The zero-order chi connectivity index (χ0) is 15.4. The maximum absolute atomic E-state index is 11.9. The van der Waals surface area contributed by atoms with Crippen LogP contribution in [0.25, 0.3) is 0 Å². The Morgan fingerprint density at radius 1 is 1.38 bits per heavy atom. The molecule has 1 aromatic heterocycles. The predicted molar refractivity (Wildman–Crippen MR) is 80.8 cm³/mol. The summed E-state index contributed by atoms with van der Waals surface area (Å²) in [6.07, 6.45) is 1.88. The van der Waals surface area contributed by atoms with Crippen molar-refractivity contribution in [1.82, 2.24) is 9.55 Å². The third-order valence-corrected chi connectivity index (χ3v) is 3.12. The number of amides is 1. The first-order chi connectivity index (χ1) is 9.99. The summed E-state index contributed by atoms with van der Waals surface area (Å²) in [5.74, 6) is -0.381. The van der Waals surface area contributed by atoms with Crippen molar-refractivity contribution in [3.63, 3.8) is 0 Å². The quantitative estimate of drug-likeness (QED) is 0.895. The van der Waals surface area contributed by atoms with Crippen LogP contribution in [0.3, 0.4) is 0 Å². The Hall–Kier alpha value is -2.34. The van der Waals surface area contributed by atoms with Gasteiger partial charge in [-0.25, -0.2) is 4.79 Å². The van der Waals surface area contributed by atoms with E-state index in [0.717, 1.165) is 0 Å². The van der Waals surface area contributed by atoms with Crippen LogP contribution in [0.5, 0.6) is 0 Å². The second-order valence-corrected chi connectivity index (χ2v) is 4.89. The first-order valence-electron chi connectivity index (χ1n) is 6.37. The first kappa shape index (κ1) is 15.1. The third kappa shape index (κ3) is 3.82. The van der Waals surface area contributed by atoms with Crippen LogP contribution < -0.4 is 16.6 Å². The zero-order valence-corrected chi connectivity index (χ0v) is 12.1. The van der Waals surface area contributed by atoms with Gasteiger partial charge in [-0.05, 0) is 24.6 Å². The van der Waals surface area contributed by atoms with Gasteiger partial charge >= 0.3 is 5.69 Å². The van der Waals surface area contributed by atoms with Gasteiger partial charge in [0, 0.05) is 22.5 Å². The molecule has 2 N–H and O–H groups in total. The van der Waals surface area contributed by atoms with Crippen LogP contribution in [0, 0.1) is 0 Å². The average Bonchev–Trinajstić information content (AvgIpc) is 2.41. The summed E-state index contributed by atoms with van der Waals surface area (Å²) < 4.78 is 1.17. The van der Waals surface area contributed by atoms with Crippen molar-refractivity contribution in [2.75, 3.05) is 5.32 Å². The molecule has 0 atom stereocenters. The molecule has 7 heteroatoms. The molecule has 1 heterocycles. The number of benzene rings is 1. The number of halogens is 1. The number of anilines is 1. The highest BCUT2D eigenvalue weighted by Gasteiger charge is 2.08. The molecule has 0 fully saturated rings. The van der Waals surface area contributed by atoms with Crippen molar-refractivity contribution in [1.29, 1.82) is 0 Å². The van der Waals surface area contributed by atoms with Crippen LogP contribution in [0.4, 0.5) is 5.69 Å². The molecule has 0 aliphatic rings. The van der Waals surface area contributed by atoms with Gasteiger partial charge < -0.3 is 5.32 Å². The Morgan fingerprint density at radius 3 is 2.81 bits per heavy atom. The third-order valence-electron chi connectivity index (χ3n) is 2.89. The van der Waals surface area contributed by atoms with E-state index in [2.05, 4.69) is 10.3 Å². The average molecular weight is 308 g/mol. The molecule has 110 valence electrons. The number of aromatic amines is 1. The molecule has 0 radical (unpaired) electrons. The van der Waals surface area contributed by atoms with Gasteiger partial charge in [-0.2, -0.15) is 0 Å². The maximum Gasteiger partial charge on any atom is 0.328 e. The minimum atomic E-state index is -0.613. The molecule has 2 aromatic rings. The molecule has 0 aliphatic carbocycles. The number of aryl methyl sites for hydroxylation is 1. The minimum Gasteiger partial charge on any atom is -0.324 e. The van der Waals surface area contributed by atoms with Gasteiger partial charge in [-0.3, -0.25) is 19.1 Å². The van der Waals surface area contributed by atoms with Gasteiger partial charge in [0.1, 0.15) is 6.54 Å². The van der Waals surface area contributed by atoms with E-state index in [1.807, 2.05) is 0 Å². The fourth-order valence-electron chi connectivity index (χ4n) is 1.85. The molecular weight excluding hydrogens is 294 g/mol. The molecule has 0 bridgehead atoms. The summed E-state index contributed by atoms with van der Waals surface area (Å²) in [7, 11) is 0. The van der Waals surface area contributed by atoms with Crippen LogP contribution in [0.15, 0.2) is 40.1 Å². The highest BCUT2D eigenvalue weighted by molar-refractivity contribution is 6.30. The van der Waals surface area contributed by atoms with Crippen molar-refractivity contribution < 1.29 is 4.79 Å². The second-order valence-electron chi connectivity index (χ2n) is 4.45. The maximum atomic E-state index is 11.9. The molecule has 1 aromatic carbocycles. The number of nitrogens with zero attached hydrogens (tertiary/aromatic N) is 1. The van der Waals surface area contributed by atoms with E-state index in [0.29, 0.717) is 22.7 Å². The number of carbonyl (C=O) groups excluding carboxylic acids is 1. The number of hydrogen-bond donors (Lipinski definition) is 2. The van der Waals surface area contributed by atoms with Gasteiger partial charge in [-0.15, -0.1) is 0 Å². The van der Waals surface area contributed by atoms with E-state index in [-0.39, 0.29) is 12.5 Å². The predicted octanol–water partition coefficient (Wildman–Crippen LogP) is 1.39. The van der Waals surface area contributed by atoms with Crippen LogP contribution in [-0.4, -0.2) is 15.5 Å². The zero-order valence-electron chi connectivity index (χ0n) is 11.4. The summed E-state index contributed by atoms with van der Waals surface area (Å²) in [5.41, 5.74) is -0.0433. The number of aromatic nitrogens is 2. The first-order valence-corrected chi connectivity index (χ1v) is 6.75. The summed E-state index contributed by atoms with van der Waals surface area (Å²) in [5, 5.41) is 3.14. The van der Waals surface area contributed by atoms with Gasteiger partial charge in [0.15, 0.2) is 0 Å². The summed E-state index contributed by atoms with van der Waals surface area (Å²) in [6.45, 7) is 1.61. The van der Waals surface area contributed by atoms with Gasteiger partial charge in [0.25, 0.3) is 5.56 Å². The number of rotatable bonds is 4. The molecule has 0 unspecified atom stereocenters. The topological polar surface area (TPSA) is 84.0 Å². The van der Waals surface area contributed by atoms with Gasteiger partial charge in [0.05, 0.1) is 0 Å². The van der Waals surface area contributed by atoms with E-state index in [1.54, 1.807) is 31.2 Å². The molecule has 0 spiro atoms. The lowest BCUT2D eigenvalue weighted by Gasteiger charge is -2.08. The lowest BCUT2D eigenvalue weighted by molar-refractivity contribution is -0.116. The molecule has 21 heavy (non-hydrogen) atoms. The van der Waals surface area contributed by atoms with E-state index in [9.17, 15) is 14.4 Å². The summed E-state index contributed by atoms with van der Waals surface area (Å²) in [4.78, 5) is 37.2. The van der Waals surface area contributed by atoms with Crippen LogP contribution in [0.2, 0.25) is 5.02 Å². The molecule has 2 rings (SSSR count). The van der Waals surface area contributed by atoms with Crippen LogP contribution >= 0.6 is 11.6 Å². The lowest BCUT2D eigenvalue weighted by Crippen LogP contribution is -2.34. The van der Waals surface area contributed by atoms with Crippen LogP contribution in [-0.2, 0) is 17.8 Å². The highest BCUT2D eigenvalue weighted by atomic mass is 35.5. The Morgan fingerprint density at radius 2 is 2.14 bits per heavy atom. The van der Waals surface area contributed by atoms with Crippen molar-refractivity contribution in [2.45, 2.75) is 19.9 Å². The molecular formula is C14H14ClN3O3. The smallest absolute Gasteiger partial charge is 0.324 e. The fraction of sp³-hybridized carbons (Fsp3) is 0.214. The standard InChI is InChI=1S/C14H14ClN3O3/c1-2-9-7-18(14(21)17-13(9)20)8-12(19)16-11-5-3-4-10(15)6-11/h3-7H,2,8H2,1H3,(H,16,19)(H,17,20,21). The van der Waals surface area contributed by atoms with Gasteiger partial charge in [-0.1, -0.05) is 24.6 Å². The Labute approximate surface area is 125 Å². The van der Waals surface area contributed by atoms with E-state index >= 15 is 0 Å². The summed E-state index contributed by atoms with van der Waals surface area (Å²) in [6, 6.07) is 6.69. The number of H-pyrrole nitrogens is 1. The monoisotopic (exact) mass is 307 g/mol. The second kappa shape index (κ2) is 6.41. The Balaban J connectivity index is 2.16. The van der Waals surface area contributed by atoms with E-state index in [4.69, 9.17) is 11.6 Å². The fourth-order valence-corrected chi connectivity index (χ4v) is 2.04. The van der Waals surface area contributed by atoms with Crippen molar-refractivity contribution in [3.8, 4) is 0 Å². The molecule has 0 saturated heterocycles. The number of carbonyl (C=O) groups is 1. The van der Waals surface area contributed by atoms with Crippen LogP contribution in [0.1, 0.15) is 12.5 Å². The highest BCUT2D eigenvalue weighted by Crippen LogP contribution is 2.14. The van der Waals surface area contributed by atoms with E-state index in [1.165, 1.54) is 10.8 Å². The summed E-state index contributed by atoms with van der Waals surface area (Å²) >= 11 is 5.82. The number of nitrogens with one attached hydrogen (secondary N) is 2. The SMILES string of the molecule is CCc1cn(CC(=O)Nc2cccc(Cl)c2)c(=O)[nH]c1=O. The van der Waals surface area contributed by atoms with Gasteiger partial charge in [0.2, 0.25) is 5.91 Å². The largest absolute Gasteiger partial charge is 0.328 e. The lowest BCUT2D eigenvalue weighted by atomic mass is 10.2. The van der Waals surface area contributed by atoms with E-state index < -0.39 is 11.2 Å². The number of hydrogen-bond acceptors (Lipinski definition) is 3.